The number of alkyl carbamates (subject to hydrolysis) is 1. The van der Waals surface area contributed by atoms with Crippen molar-refractivity contribution in [3.63, 3.8) is 0 Å². The van der Waals surface area contributed by atoms with E-state index < -0.39 is 11.7 Å². The second-order valence-electron chi connectivity index (χ2n) is 7.70. The lowest BCUT2D eigenvalue weighted by molar-refractivity contribution is 0.0493. The van der Waals surface area contributed by atoms with Crippen LogP contribution in [-0.2, 0) is 4.74 Å². The first-order valence-electron chi connectivity index (χ1n) is 8.73. The van der Waals surface area contributed by atoms with E-state index in [1.165, 1.54) is 19.3 Å². The molecule has 0 aromatic carbocycles. The molecule has 0 saturated heterocycles. The molecule has 0 heterocycles. The maximum absolute atomic E-state index is 11.9. The Labute approximate surface area is 163 Å². The Balaban J connectivity index is 0.00000529. The zero-order chi connectivity index (χ0) is 17.5. The van der Waals surface area contributed by atoms with Crippen molar-refractivity contribution in [3.05, 3.63) is 0 Å². The lowest BCUT2D eigenvalue weighted by Gasteiger charge is -2.26. The molecule has 1 aliphatic carbocycles. The van der Waals surface area contributed by atoms with Crippen LogP contribution in [0.3, 0.4) is 0 Å². The average Bonchev–Trinajstić information content (AvgIpc) is 2.42. The van der Waals surface area contributed by atoms with Gasteiger partial charge in [-0.25, -0.2) is 4.79 Å². The summed E-state index contributed by atoms with van der Waals surface area (Å²) in [5, 5.41) is 6.17. The Bertz CT molecular complexity index is 402. The predicted octanol–water partition coefficient (Wildman–Crippen LogP) is 3.39. The number of nitrogens with one attached hydrogen (secondary N) is 2. The molecule has 0 aromatic rings. The fourth-order valence-corrected chi connectivity index (χ4v) is 2.58. The molecule has 1 unspecified atom stereocenters. The van der Waals surface area contributed by atoms with Crippen LogP contribution in [0.4, 0.5) is 4.79 Å². The van der Waals surface area contributed by atoms with E-state index >= 15 is 0 Å². The molecule has 142 valence electrons. The standard InChI is InChI=1S/C17H34N4O2.HI/c1-12(2)14(21-16(22)23-17(3,4)5)11-19-15(18)20-13-9-7-6-8-10-13;/h12-14H,6-11H2,1-5H3,(H,21,22)(H3,18,19,20);1H. The van der Waals surface area contributed by atoms with E-state index in [0.29, 0.717) is 18.5 Å². The second-order valence-corrected chi connectivity index (χ2v) is 7.70. The number of aliphatic imine (C=N–C) groups is 1. The van der Waals surface area contributed by atoms with Gasteiger partial charge in [-0.1, -0.05) is 33.1 Å². The molecule has 1 saturated carbocycles. The lowest BCUT2D eigenvalue weighted by Crippen LogP contribution is -2.45. The van der Waals surface area contributed by atoms with Crippen LogP contribution in [-0.4, -0.2) is 36.3 Å². The molecular weight excluding hydrogens is 419 g/mol. The topological polar surface area (TPSA) is 88.7 Å². The van der Waals surface area contributed by atoms with Gasteiger partial charge in [0.05, 0.1) is 12.6 Å². The number of nitrogens with zero attached hydrogens (tertiary/aromatic N) is 1. The molecule has 0 radical (unpaired) electrons. The van der Waals surface area contributed by atoms with Gasteiger partial charge in [-0.05, 0) is 39.5 Å². The molecular formula is C17H35IN4O2. The summed E-state index contributed by atoms with van der Waals surface area (Å²) in [5.74, 6) is 0.710. The minimum atomic E-state index is -0.504. The van der Waals surface area contributed by atoms with Crippen molar-refractivity contribution in [1.82, 2.24) is 10.6 Å². The second kappa shape index (κ2) is 11.0. The fourth-order valence-electron chi connectivity index (χ4n) is 2.58. The first kappa shape index (κ1) is 23.3. The van der Waals surface area contributed by atoms with E-state index in [9.17, 15) is 4.79 Å². The van der Waals surface area contributed by atoms with E-state index in [-0.39, 0.29) is 35.9 Å². The summed E-state index contributed by atoms with van der Waals surface area (Å²) >= 11 is 0. The van der Waals surface area contributed by atoms with Gasteiger partial charge in [-0.3, -0.25) is 4.99 Å². The van der Waals surface area contributed by atoms with Crippen LogP contribution in [0.15, 0.2) is 4.99 Å². The molecule has 1 atom stereocenters. The number of hydrogen-bond donors (Lipinski definition) is 3. The highest BCUT2D eigenvalue weighted by Gasteiger charge is 2.21. The van der Waals surface area contributed by atoms with Crippen LogP contribution in [0.2, 0.25) is 0 Å². The molecule has 0 aromatic heterocycles. The first-order valence-corrected chi connectivity index (χ1v) is 8.73. The molecule has 1 aliphatic rings. The highest BCUT2D eigenvalue weighted by molar-refractivity contribution is 14.0. The summed E-state index contributed by atoms with van der Waals surface area (Å²) in [6.45, 7) is 10.1. The first-order chi connectivity index (χ1) is 10.7. The molecule has 0 spiro atoms. The van der Waals surface area contributed by atoms with Crippen molar-refractivity contribution in [2.75, 3.05) is 6.54 Å². The summed E-state index contributed by atoms with van der Waals surface area (Å²) in [7, 11) is 0. The van der Waals surface area contributed by atoms with Crippen molar-refractivity contribution in [2.45, 2.75) is 84.4 Å². The molecule has 6 nitrogen and oxygen atoms in total. The molecule has 1 amide bonds. The van der Waals surface area contributed by atoms with Crippen molar-refractivity contribution in [3.8, 4) is 0 Å². The number of nitrogens with two attached hydrogens (primary N) is 1. The molecule has 1 fully saturated rings. The molecule has 7 heteroatoms. The Morgan fingerprint density at radius 3 is 2.33 bits per heavy atom. The molecule has 0 bridgehead atoms. The third-order valence-corrected chi connectivity index (χ3v) is 3.92. The number of rotatable bonds is 5. The Hall–Kier alpha value is -0.730. The van der Waals surface area contributed by atoms with Crippen LogP contribution in [0.1, 0.15) is 66.7 Å². The van der Waals surface area contributed by atoms with E-state index in [0.717, 1.165) is 12.8 Å². The minimum absolute atomic E-state index is 0. The van der Waals surface area contributed by atoms with Crippen LogP contribution in [0, 0.1) is 5.92 Å². The molecule has 4 N–H and O–H groups in total. The van der Waals surface area contributed by atoms with Gasteiger partial charge >= 0.3 is 6.09 Å². The maximum Gasteiger partial charge on any atom is 0.407 e. The summed E-state index contributed by atoms with van der Waals surface area (Å²) in [6, 6.07) is 0.334. The fraction of sp³-hybridized carbons (Fsp3) is 0.882. The Morgan fingerprint density at radius 2 is 1.83 bits per heavy atom. The van der Waals surface area contributed by atoms with Gasteiger partial charge in [-0.2, -0.15) is 0 Å². The van der Waals surface area contributed by atoms with Crippen molar-refractivity contribution in [1.29, 1.82) is 0 Å². The number of carbonyl (C=O) groups is 1. The number of amides is 1. The zero-order valence-electron chi connectivity index (χ0n) is 15.7. The highest BCUT2D eigenvalue weighted by Crippen LogP contribution is 2.17. The van der Waals surface area contributed by atoms with Crippen molar-refractivity contribution in [2.24, 2.45) is 16.6 Å². The summed E-state index contributed by atoms with van der Waals surface area (Å²) in [5.41, 5.74) is 5.48. The van der Waals surface area contributed by atoms with E-state index in [2.05, 4.69) is 15.6 Å². The quantitative estimate of drug-likeness (QED) is 0.338. The number of hydrogen-bond acceptors (Lipinski definition) is 3. The van der Waals surface area contributed by atoms with Gasteiger partial charge in [0.15, 0.2) is 5.96 Å². The number of carbonyl (C=O) groups excluding carboxylic acids is 1. The van der Waals surface area contributed by atoms with E-state index in [4.69, 9.17) is 10.5 Å². The normalized spacial score (nSPS) is 17.8. The third-order valence-electron chi connectivity index (χ3n) is 3.92. The average molecular weight is 454 g/mol. The van der Waals surface area contributed by atoms with Crippen LogP contribution in [0.25, 0.3) is 0 Å². The van der Waals surface area contributed by atoms with Crippen LogP contribution >= 0.6 is 24.0 Å². The minimum Gasteiger partial charge on any atom is -0.444 e. The highest BCUT2D eigenvalue weighted by atomic mass is 127. The zero-order valence-corrected chi connectivity index (χ0v) is 18.1. The molecule has 24 heavy (non-hydrogen) atoms. The SMILES string of the molecule is CC(C)C(CN=C(N)NC1CCCCC1)NC(=O)OC(C)(C)C.I. The smallest absolute Gasteiger partial charge is 0.407 e. The van der Waals surface area contributed by atoms with Crippen molar-refractivity contribution < 1.29 is 9.53 Å². The van der Waals surface area contributed by atoms with Gasteiger partial charge in [0, 0.05) is 6.04 Å². The third kappa shape index (κ3) is 10.2. The molecule has 1 rings (SSSR count). The lowest BCUT2D eigenvalue weighted by atomic mass is 9.96. The monoisotopic (exact) mass is 454 g/mol. The van der Waals surface area contributed by atoms with Gasteiger partial charge in [0.2, 0.25) is 0 Å². The predicted molar refractivity (Wildman–Crippen MR) is 110 cm³/mol. The van der Waals surface area contributed by atoms with Gasteiger partial charge in [-0.15, -0.1) is 24.0 Å². The maximum atomic E-state index is 11.9. The summed E-state index contributed by atoms with van der Waals surface area (Å²) in [6.07, 6.45) is 5.70. The summed E-state index contributed by atoms with van der Waals surface area (Å²) < 4.78 is 5.30. The van der Waals surface area contributed by atoms with Crippen LogP contribution in [0.5, 0.6) is 0 Å². The van der Waals surface area contributed by atoms with Gasteiger partial charge in [0.1, 0.15) is 5.60 Å². The van der Waals surface area contributed by atoms with Crippen LogP contribution < -0.4 is 16.4 Å². The number of guanidine groups is 1. The molecule has 0 aliphatic heterocycles. The Kier molecular flexibility index (Phi) is 10.7. The largest absolute Gasteiger partial charge is 0.444 e. The van der Waals surface area contributed by atoms with Crippen molar-refractivity contribution >= 4 is 36.0 Å². The van der Waals surface area contributed by atoms with E-state index in [1.807, 2.05) is 34.6 Å². The summed E-state index contributed by atoms with van der Waals surface area (Å²) in [4.78, 5) is 16.3. The number of halogens is 1. The van der Waals surface area contributed by atoms with E-state index in [1.54, 1.807) is 0 Å². The Morgan fingerprint density at radius 1 is 1.25 bits per heavy atom. The number of ether oxygens (including phenoxy) is 1. The van der Waals surface area contributed by atoms with Gasteiger partial charge < -0.3 is 21.1 Å². The van der Waals surface area contributed by atoms with Gasteiger partial charge in [0.25, 0.3) is 0 Å².